The average Bonchev–Trinajstić information content (AvgIpc) is 2.81. The predicted octanol–water partition coefficient (Wildman–Crippen LogP) is 1.27. The lowest BCUT2D eigenvalue weighted by molar-refractivity contribution is 0.0651. The molecule has 1 aromatic heterocycles. The van der Waals surface area contributed by atoms with Gasteiger partial charge in [0.15, 0.2) is 0 Å². The molecule has 2 rings (SSSR count). The average molecular weight is 232 g/mol. The van der Waals surface area contributed by atoms with Gasteiger partial charge in [-0.15, -0.1) is 0 Å². The molecule has 0 atom stereocenters. The zero-order chi connectivity index (χ0) is 12.4. The Morgan fingerprint density at radius 3 is 2.35 bits per heavy atom. The van der Waals surface area contributed by atoms with Gasteiger partial charge in [0.1, 0.15) is 0 Å². The molecular weight excluding hydrogens is 224 g/mol. The normalized spacial score (nSPS) is 10.1. The molecule has 6 heteroatoms. The minimum atomic E-state index is -1.27. The van der Waals surface area contributed by atoms with E-state index in [0.717, 1.165) is 0 Å². The second kappa shape index (κ2) is 4.09. The smallest absolute Gasteiger partial charge is 0.336 e. The number of hydrogen-bond donors (Lipinski definition) is 2. The SMILES string of the molecule is O=C(O)c1ccc(-n2ccnc2)cc1C(=O)O. The Kier molecular flexibility index (Phi) is 2.61. The second-order valence-electron chi connectivity index (χ2n) is 3.31. The van der Waals surface area contributed by atoms with Gasteiger partial charge in [-0.3, -0.25) is 0 Å². The van der Waals surface area contributed by atoms with Gasteiger partial charge >= 0.3 is 11.9 Å². The van der Waals surface area contributed by atoms with Crippen molar-refractivity contribution in [1.29, 1.82) is 0 Å². The van der Waals surface area contributed by atoms with Crippen molar-refractivity contribution in [2.45, 2.75) is 0 Å². The first-order valence-electron chi connectivity index (χ1n) is 4.68. The molecule has 0 spiro atoms. The monoisotopic (exact) mass is 232 g/mol. The van der Waals surface area contributed by atoms with E-state index >= 15 is 0 Å². The van der Waals surface area contributed by atoms with Crippen molar-refractivity contribution in [2.75, 3.05) is 0 Å². The van der Waals surface area contributed by atoms with Crippen LogP contribution in [0.2, 0.25) is 0 Å². The number of imidazole rings is 1. The summed E-state index contributed by atoms with van der Waals surface area (Å²) in [5, 5.41) is 17.8. The molecule has 86 valence electrons. The number of hydrogen-bond acceptors (Lipinski definition) is 3. The summed E-state index contributed by atoms with van der Waals surface area (Å²) in [5.41, 5.74) is 0.0648. The van der Waals surface area contributed by atoms with Gasteiger partial charge in [0, 0.05) is 18.1 Å². The van der Waals surface area contributed by atoms with Gasteiger partial charge in [-0.25, -0.2) is 14.6 Å². The van der Waals surface area contributed by atoms with Gasteiger partial charge in [-0.2, -0.15) is 0 Å². The molecule has 0 unspecified atom stereocenters. The summed E-state index contributed by atoms with van der Waals surface area (Å²) >= 11 is 0. The number of carboxylic acid groups (broad SMARTS) is 2. The van der Waals surface area contributed by atoms with Crippen LogP contribution in [0.1, 0.15) is 20.7 Å². The van der Waals surface area contributed by atoms with E-state index in [0.29, 0.717) is 5.69 Å². The maximum absolute atomic E-state index is 11.0. The molecule has 2 N–H and O–H groups in total. The van der Waals surface area contributed by atoms with Crippen LogP contribution in [0.4, 0.5) is 0 Å². The third-order valence-corrected chi connectivity index (χ3v) is 2.27. The zero-order valence-corrected chi connectivity index (χ0v) is 8.57. The molecule has 0 aliphatic heterocycles. The fourth-order valence-electron chi connectivity index (χ4n) is 1.47. The van der Waals surface area contributed by atoms with E-state index in [2.05, 4.69) is 4.98 Å². The highest BCUT2D eigenvalue weighted by Crippen LogP contribution is 2.15. The van der Waals surface area contributed by atoms with Crippen LogP contribution in [0.25, 0.3) is 5.69 Å². The van der Waals surface area contributed by atoms with E-state index in [1.807, 2.05) is 0 Å². The minimum Gasteiger partial charge on any atom is -0.478 e. The van der Waals surface area contributed by atoms with Gasteiger partial charge < -0.3 is 14.8 Å². The number of aromatic nitrogens is 2. The highest BCUT2D eigenvalue weighted by Gasteiger charge is 2.16. The number of carboxylic acids is 2. The van der Waals surface area contributed by atoms with Crippen molar-refractivity contribution >= 4 is 11.9 Å². The quantitative estimate of drug-likeness (QED) is 0.831. The van der Waals surface area contributed by atoms with Crippen LogP contribution in [0.5, 0.6) is 0 Å². The lowest BCUT2D eigenvalue weighted by Crippen LogP contribution is -2.09. The van der Waals surface area contributed by atoms with Gasteiger partial charge in [0.05, 0.1) is 17.5 Å². The molecule has 1 aromatic carbocycles. The Hall–Kier alpha value is -2.63. The van der Waals surface area contributed by atoms with E-state index in [9.17, 15) is 9.59 Å². The molecule has 17 heavy (non-hydrogen) atoms. The summed E-state index contributed by atoms with van der Waals surface area (Å²) < 4.78 is 1.60. The summed E-state index contributed by atoms with van der Waals surface area (Å²) in [6.45, 7) is 0. The maximum Gasteiger partial charge on any atom is 0.336 e. The molecule has 0 saturated heterocycles. The maximum atomic E-state index is 11.0. The zero-order valence-electron chi connectivity index (χ0n) is 8.57. The molecule has 0 saturated carbocycles. The van der Waals surface area contributed by atoms with Gasteiger partial charge in [-0.1, -0.05) is 0 Å². The lowest BCUT2D eigenvalue weighted by atomic mass is 10.1. The minimum absolute atomic E-state index is 0.235. The van der Waals surface area contributed by atoms with Crippen molar-refractivity contribution in [1.82, 2.24) is 9.55 Å². The van der Waals surface area contributed by atoms with Crippen LogP contribution < -0.4 is 0 Å². The van der Waals surface area contributed by atoms with Crippen molar-refractivity contribution in [2.24, 2.45) is 0 Å². The number of aromatic carboxylic acids is 2. The summed E-state index contributed by atoms with van der Waals surface area (Å²) in [5.74, 6) is -2.54. The molecule has 1 heterocycles. The van der Waals surface area contributed by atoms with Crippen molar-refractivity contribution < 1.29 is 19.8 Å². The highest BCUT2D eigenvalue weighted by atomic mass is 16.4. The van der Waals surface area contributed by atoms with Crippen LogP contribution in [-0.4, -0.2) is 31.7 Å². The van der Waals surface area contributed by atoms with E-state index in [1.54, 1.807) is 17.0 Å². The number of nitrogens with zero attached hydrogens (tertiary/aromatic N) is 2. The predicted molar refractivity (Wildman–Crippen MR) is 57.5 cm³/mol. The fraction of sp³-hybridized carbons (Fsp3) is 0. The lowest BCUT2D eigenvalue weighted by Gasteiger charge is -2.06. The molecule has 0 fully saturated rings. The third-order valence-electron chi connectivity index (χ3n) is 2.27. The Balaban J connectivity index is 2.57. The Labute approximate surface area is 95.8 Å². The molecule has 0 bridgehead atoms. The number of rotatable bonds is 3. The van der Waals surface area contributed by atoms with E-state index in [-0.39, 0.29) is 11.1 Å². The first-order chi connectivity index (χ1) is 8.09. The van der Waals surface area contributed by atoms with Crippen LogP contribution in [0.15, 0.2) is 36.9 Å². The first-order valence-corrected chi connectivity index (χ1v) is 4.68. The van der Waals surface area contributed by atoms with E-state index < -0.39 is 11.9 Å². The van der Waals surface area contributed by atoms with Crippen molar-refractivity contribution in [3.8, 4) is 5.69 Å². The first kappa shape index (κ1) is 10.9. The topological polar surface area (TPSA) is 92.4 Å². The second-order valence-corrected chi connectivity index (χ2v) is 3.31. The molecule has 2 aromatic rings. The van der Waals surface area contributed by atoms with E-state index in [1.165, 1.54) is 24.5 Å². The van der Waals surface area contributed by atoms with Gasteiger partial charge in [0.2, 0.25) is 0 Å². The Morgan fingerprint density at radius 2 is 1.82 bits per heavy atom. The largest absolute Gasteiger partial charge is 0.478 e. The van der Waals surface area contributed by atoms with Crippen molar-refractivity contribution in [3.05, 3.63) is 48.0 Å². The van der Waals surface area contributed by atoms with Gasteiger partial charge in [-0.05, 0) is 18.2 Å². The molecule has 0 aliphatic carbocycles. The molecular formula is C11H8N2O4. The molecule has 6 nitrogen and oxygen atoms in total. The Bertz CT molecular complexity index is 575. The molecule has 0 aliphatic rings. The summed E-state index contributed by atoms with van der Waals surface area (Å²) in [7, 11) is 0. The van der Waals surface area contributed by atoms with Crippen LogP contribution in [0.3, 0.4) is 0 Å². The fourth-order valence-corrected chi connectivity index (χ4v) is 1.47. The number of benzene rings is 1. The number of carbonyl (C=O) groups is 2. The summed E-state index contributed by atoms with van der Waals surface area (Å²) in [4.78, 5) is 25.6. The van der Waals surface area contributed by atoms with Crippen LogP contribution >= 0.6 is 0 Å². The Morgan fingerprint density at radius 1 is 1.12 bits per heavy atom. The van der Waals surface area contributed by atoms with E-state index in [4.69, 9.17) is 10.2 Å². The molecule has 0 amide bonds. The summed E-state index contributed by atoms with van der Waals surface area (Å²) in [6, 6.07) is 4.09. The highest BCUT2D eigenvalue weighted by molar-refractivity contribution is 6.02. The van der Waals surface area contributed by atoms with Crippen molar-refractivity contribution in [3.63, 3.8) is 0 Å². The third kappa shape index (κ3) is 2.00. The van der Waals surface area contributed by atoms with Gasteiger partial charge in [0.25, 0.3) is 0 Å². The summed E-state index contributed by atoms with van der Waals surface area (Å²) in [6.07, 6.45) is 4.69. The standard InChI is InChI=1S/C11H8N2O4/c14-10(15)8-2-1-7(5-9(8)11(16)17)13-4-3-12-6-13/h1-6H,(H,14,15)(H,16,17). The van der Waals surface area contributed by atoms with Crippen LogP contribution in [-0.2, 0) is 0 Å². The van der Waals surface area contributed by atoms with Crippen LogP contribution in [0, 0.1) is 0 Å². The molecule has 0 radical (unpaired) electrons.